The van der Waals surface area contributed by atoms with E-state index in [4.69, 9.17) is 4.74 Å². The van der Waals surface area contributed by atoms with Crippen LogP contribution in [0.2, 0.25) is 0 Å². The molecule has 104 valence electrons. The maximum Gasteiger partial charge on any atom is 0.293 e. The molecule has 1 N–H and O–H groups in total. The average Bonchev–Trinajstić information content (AvgIpc) is 2.53. The molecule has 0 spiro atoms. The first-order valence-electron chi connectivity index (χ1n) is 6.41. The molecule has 5 nitrogen and oxygen atoms in total. The first-order valence-corrected chi connectivity index (χ1v) is 6.41. The zero-order chi connectivity index (χ0) is 14.7. The highest BCUT2D eigenvalue weighted by Gasteiger charge is 2.07. The van der Waals surface area contributed by atoms with E-state index in [0.717, 1.165) is 11.1 Å². The van der Waals surface area contributed by atoms with Crippen molar-refractivity contribution in [2.75, 3.05) is 0 Å². The number of aromatic nitrogens is 2. The van der Waals surface area contributed by atoms with Crippen LogP contribution in [0.25, 0.3) is 22.3 Å². The minimum absolute atomic E-state index is 0.169. The molecule has 3 rings (SSSR count). The fourth-order valence-electron chi connectivity index (χ4n) is 2.15. The lowest BCUT2D eigenvalue weighted by molar-refractivity contribution is -0.129. The molecule has 0 unspecified atom stereocenters. The quantitative estimate of drug-likeness (QED) is 0.744. The van der Waals surface area contributed by atoms with Gasteiger partial charge in [0.1, 0.15) is 12.3 Å². The summed E-state index contributed by atoms with van der Waals surface area (Å²) in [5.74, 6) is 0. The molecule has 0 aliphatic heterocycles. The number of ether oxygens (including phenoxy) is 1. The topological polar surface area (TPSA) is 72.0 Å². The zero-order valence-corrected chi connectivity index (χ0v) is 11.1. The van der Waals surface area contributed by atoms with Crippen molar-refractivity contribution in [3.8, 4) is 11.3 Å². The summed E-state index contributed by atoms with van der Waals surface area (Å²) in [6.07, 6.45) is 0. The smallest absolute Gasteiger partial charge is 0.293 e. The van der Waals surface area contributed by atoms with Crippen LogP contribution in [0, 0.1) is 0 Å². The number of aromatic amines is 1. The third-order valence-electron chi connectivity index (χ3n) is 3.12. The Labute approximate surface area is 120 Å². The van der Waals surface area contributed by atoms with Gasteiger partial charge in [-0.1, -0.05) is 36.4 Å². The first kappa shape index (κ1) is 13.1. The van der Waals surface area contributed by atoms with Crippen LogP contribution in [0.15, 0.2) is 53.3 Å². The number of benzene rings is 2. The predicted molar refractivity (Wildman–Crippen MR) is 78.7 cm³/mol. The van der Waals surface area contributed by atoms with Gasteiger partial charge >= 0.3 is 0 Å². The minimum Gasteiger partial charge on any atom is -0.463 e. The van der Waals surface area contributed by atoms with Gasteiger partial charge in [-0.25, -0.2) is 4.98 Å². The molecular weight excluding hydrogens is 268 g/mol. The molecule has 0 fully saturated rings. The molecule has 0 aliphatic rings. The van der Waals surface area contributed by atoms with Crippen LogP contribution < -0.4 is 5.56 Å². The van der Waals surface area contributed by atoms with Gasteiger partial charge in [-0.3, -0.25) is 9.59 Å². The summed E-state index contributed by atoms with van der Waals surface area (Å²) in [5.41, 5.74) is 3.01. The number of carbonyl (C=O) groups excluding carboxylic acids is 1. The molecule has 0 bridgehead atoms. The number of nitrogens with zero attached hydrogens (tertiary/aromatic N) is 1. The fraction of sp³-hybridized carbons (Fsp3) is 0.0625. The number of hydrogen-bond donors (Lipinski definition) is 1. The van der Waals surface area contributed by atoms with Gasteiger partial charge in [-0.2, -0.15) is 0 Å². The molecule has 21 heavy (non-hydrogen) atoms. The summed E-state index contributed by atoms with van der Waals surface area (Å²) in [6, 6.07) is 14.7. The van der Waals surface area contributed by atoms with Crippen molar-refractivity contribution in [2.24, 2.45) is 0 Å². The third kappa shape index (κ3) is 2.67. The van der Waals surface area contributed by atoms with Gasteiger partial charge in [0.05, 0.1) is 11.0 Å². The Hall–Kier alpha value is -2.95. The molecule has 1 heterocycles. The average molecular weight is 280 g/mol. The van der Waals surface area contributed by atoms with E-state index in [1.165, 1.54) is 0 Å². The molecule has 0 saturated carbocycles. The SMILES string of the molecule is O=COCc1ccc2nc(-c3ccccc3)c(=O)[nH]c2c1. The highest BCUT2D eigenvalue weighted by molar-refractivity contribution is 5.77. The highest BCUT2D eigenvalue weighted by Crippen LogP contribution is 2.16. The lowest BCUT2D eigenvalue weighted by Crippen LogP contribution is -2.11. The van der Waals surface area contributed by atoms with Gasteiger partial charge in [-0.05, 0) is 17.7 Å². The molecular formula is C16H12N2O3. The lowest BCUT2D eigenvalue weighted by Gasteiger charge is -2.05. The summed E-state index contributed by atoms with van der Waals surface area (Å²) >= 11 is 0. The van der Waals surface area contributed by atoms with E-state index in [1.807, 2.05) is 36.4 Å². The van der Waals surface area contributed by atoms with Crippen LogP contribution in [0.4, 0.5) is 0 Å². The van der Waals surface area contributed by atoms with E-state index in [-0.39, 0.29) is 12.2 Å². The third-order valence-corrected chi connectivity index (χ3v) is 3.12. The first-order chi connectivity index (χ1) is 10.3. The minimum atomic E-state index is -0.248. The second kappa shape index (κ2) is 5.58. The van der Waals surface area contributed by atoms with Crippen LogP contribution in [-0.4, -0.2) is 16.4 Å². The fourth-order valence-corrected chi connectivity index (χ4v) is 2.15. The second-order valence-electron chi connectivity index (χ2n) is 4.54. The molecule has 5 heteroatoms. The molecule has 0 radical (unpaired) electrons. The zero-order valence-electron chi connectivity index (χ0n) is 11.1. The maximum absolute atomic E-state index is 12.2. The van der Waals surface area contributed by atoms with Gasteiger partial charge in [0.15, 0.2) is 0 Å². The summed E-state index contributed by atoms with van der Waals surface area (Å²) in [4.78, 5) is 29.6. The molecule has 0 amide bonds. The summed E-state index contributed by atoms with van der Waals surface area (Å²) in [6.45, 7) is 0.561. The van der Waals surface area contributed by atoms with E-state index < -0.39 is 0 Å². The van der Waals surface area contributed by atoms with Crippen LogP contribution >= 0.6 is 0 Å². The highest BCUT2D eigenvalue weighted by atomic mass is 16.5. The van der Waals surface area contributed by atoms with Crippen molar-refractivity contribution in [3.05, 3.63) is 64.4 Å². The largest absolute Gasteiger partial charge is 0.463 e. The number of hydrogen-bond acceptors (Lipinski definition) is 4. The van der Waals surface area contributed by atoms with Gasteiger partial charge in [0.2, 0.25) is 0 Å². The van der Waals surface area contributed by atoms with Crippen molar-refractivity contribution in [1.29, 1.82) is 0 Å². The van der Waals surface area contributed by atoms with Gasteiger partial charge in [0, 0.05) is 5.56 Å². The summed E-state index contributed by atoms with van der Waals surface area (Å²) < 4.78 is 4.70. The van der Waals surface area contributed by atoms with Gasteiger partial charge in [0.25, 0.3) is 12.0 Å². The van der Waals surface area contributed by atoms with Crippen molar-refractivity contribution >= 4 is 17.5 Å². The Balaban J connectivity index is 2.09. The van der Waals surface area contributed by atoms with Gasteiger partial charge in [-0.15, -0.1) is 0 Å². The molecule has 0 saturated heterocycles. The number of carbonyl (C=O) groups is 1. The van der Waals surface area contributed by atoms with E-state index in [2.05, 4.69) is 9.97 Å². The van der Waals surface area contributed by atoms with Crippen molar-refractivity contribution in [3.63, 3.8) is 0 Å². The maximum atomic E-state index is 12.2. The Morgan fingerprint density at radius 3 is 2.71 bits per heavy atom. The number of nitrogens with one attached hydrogen (secondary N) is 1. The van der Waals surface area contributed by atoms with Crippen molar-refractivity contribution in [1.82, 2.24) is 9.97 Å². The predicted octanol–water partition coefficient (Wildman–Crippen LogP) is 2.26. The van der Waals surface area contributed by atoms with E-state index in [9.17, 15) is 9.59 Å². The number of fused-ring (bicyclic) bond motifs is 1. The molecule has 2 aromatic carbocycles. The number of H-pyrrole nitrogens is 1. The van der Waals surface area contributed by atoms with E-state index in [1.54, 1.807) is 12.1 Å². The molecule has 0 aliphatic carbocycles. The van der Waals surface area contributed by atoms with Gasteiger partial charge < -0.3 is 9.72 Å². The van der Waals surface area contributed by atoms with Crippen molar-refractivity contribution in [2.45, 2.75) is 6.61 Å². The Kier molecular flexibility index (Phi) is 3.47. The van der Waals surface area contributed by atoms with Crippen LogP contribution in [0.5, 0.6) is 0 Å². The molecule has 3 aromatic rings. The van der Waals surface area contributed by atoms with Crippen LogP contribution in [0.1, 0.15) is 5.56 Å². The Morgan fingerprint density at radius 2 is 1.95 bits per heavy atom. The normalized spacial score (nSPS) is 10.5. The summed E-state index contributed by atoms with van der Waals surface area (Å²) in [7, 11) is 0. The monoisotopic (exact) mass is 280 g/mol. The van der Waals surface area contributed by atoms with Crippen molar-refractivity contribution < 1.29 is 9.53 Å². The Morgan fingerprint density at radius 1 is 1.14 bits per heavy atom. The lowest BCUT2D eigenvalue weighted by atomic mass is 10.1. The van der Waals surface area contributed by atoms with E-state index in [0.29, 0.717) is 23.2 Å². The Bertz CT molecular complexity index is 841. The van der Waals surface area contributed by atoms with E-state index >= 15 is 0 Å². The second-order valence-corrected chi connectivity index (χ2v) is 4.54. The standard InChI is InChI=1S/C16H12N2O3/c19-10-21-9-11-6-7-13-14(8-11)18-16(20)15(17-13)12-4-2-1-3-5-12/h1-8,10H,9H2,(H,18,20). The van der Waals surface area contributed by atoms with Crippen LogP contribution in [0.3, 0.4) is 0 Å². The molecule has 0 atom stereocenters. The molecule has 1 aromatic heterocycles. The van der Waals surface area contributed by atoms with Crippen LogP contribution in [-0.2, 0) is 16.1 Å². The number of rotatable bonds is 4. The summed E-state index contributed by atoms with van der Waals surface area (Å²) in [5, 5.41) is 0.